The standard InChI is InChI=1S/C12H22N2S/c1-8(2)11-10(15-9(3)14-11)7-13-12(4,5)6/h8,13H,7H2,1-6H3. The zero-order valence-electron chi connectivity index (χ0n) is 10.6. The molecule has 0 bridgehead atoms. The molecule has 3 heteroatoms. The molecule has 1 aromatic heterocycles. The van der Waals surface area contributed by atoms with Crippen molar-refractivity contribution in [1.29, 1.82) is 0 Å². The molecule has 15 heavy (non-hydrogen) atoms. The molecule has 0 aliphatic rings. The molecule has 0 spiro atoms. The van der Waals surface area contributed by atoms with E-state index in [1.54, 1.807) is 0 Å². The van der Waals surface area contributed by atoms with Crippen molar-refractivity contribution < 1.29 is 0 Å². The van der Waals surface area contributed by atoms with E-state index in [1.165, 1.54) is 15.6 Å². The normalized spacial score (nSPS) is 12.5. The Morgan fingerprint density at radius 3 is 2.40 bits per heavy atom. The Labute approximate surface area is 97.1 Å². The summed E-state index contributed by atoms with van der Waals surface area (Å²) in [6.45, 7) is 14.0. The Hall–Kier alpha value is -0.410. The summed E-state index contributed by atoms with van der Waals surface area (Å²) < 4.78 is 0. The fourth-order valence-electron chi connectivity index (χ4n) is 1.41. The lowest BCUT2D eigenvalue weighted by atomic mass is 10.1. The number of nitrogens with one attached hydrogen (secondary N) is 1. The monoisotopic (exact) mass is 226 g/mol. The van der Waals surface area contributed by atoms with Gasteiger partial charge in [-0.25, -0.2) is 4.98 Å². The Kier molecular flexibility index (Phi) is 3.90. The average Bonchev–Trinajstić information content (AvgIpc) is 2.42. The molecule has 1 N–H and O–H groups in total. The second-order valence-electron chi connectivity index (χ2n) is 5.30. The van der Waals surface area contributed by atoms with Crippen molar-refractivity contribution in [2.24, 2.45) is 0 Å². The van der Waals surface area contributed by atoms with E-state index in [2.05, 4.69) is 51.8 Å². The van der Waals surface area contributed by atoms with Crippen LogP contribution < -0.4 is 5.32 Å². The van der Waals surface area contributed by atoms with Crippen LogP contribution >= 0.6 is 11.3 Å². The first kappa shape index (κ1) is 12.7. The summed E-state index contributed by atoms with van der Waals surface area (Å²) in [4.78, 5) is 5.98. The number of aryl methyl sites for hydroxylation is 1. The van der Waals surface area contributed by atoms with Crippen molar-refractivity contribution in [1.82, 2.24) is 10.3 Å². The highest BCUT2D eigenvalue weighted by Gasteiger charge is 2.15. The topological polar surface area (TPSA) is 24.9 Å². The van der Waals surface area contributed by atoms with Crippen LogP contribution in [0.2, 0.25) is 0 Å². The molecule has 0 aliphatic carbocycles. The van der Waals surface area contributed by atoms with E-state index in [0.717, 1.165) is 6.54 Å². The average molecular weight is 226 g/mol. The zero-order chi connectivity index (χ0) is 11.6. The van der Waals surface area contributed by atoms with E-state index < -0.39 is 0 Å². The minimum absolute atomic E-state index is 0.173. The third-order valence-electron chi connectivity index (χ3n) is 2.16. The van der Waals surface area contributed by atoms with E-state index in [0.29, 0.717) is 5.92 Å². The van der Waals surface area contributed by atoms with Crippen LogP contribution in [-0.4, -0.2) is 10.5 Å². The highest BCUT2D eigenvalue weighted by molar-refractivity contribution is 7.11. The van der Waals surface area contributed by atoms with Crippen LogP contribution in [0.5, 0.6) is 0 Å². The smallest absolute Gasteiger partial charge is 0.0900 e. The first-order chi connectivity index (χ1) is 6.79. The molecule has 0 fully saturated rings. The molecule has 0 saturated carbocycles. The fourth-order valence-corrected chi connectivity index (χ4v) is 2.44. The van der Waals surface area contributed by atoms with Crippen LogP contribution in [0.15, 0.2) is 0 Å². The number of rotatable bonds is 3. The van der Waals surface area contributed by atoms with E-state index in [-0.39, 0.29) is 5.54 Å². The number of hydrogen-bond donors (Lipinski definition) is 1. The Morgan fingerprint density at radius 2 is 1.93 bits per heavy atom. The van der Waals surface area contributed by atoms with Gasteiger partial charge in [0.25, 0.3) is 0 Å². The first-order valence-corrected chi connectivity index (χ1v) is 6.32. The molecule has 0 saturated heterocycles. The third kappa shape index (κ3) is 3.92. The molecular weight excluding hydrogens is 204 g/mol. The van der Waals surface area contributed by atoms with Crippen LogP contribution in [0, 0.1) is 6.92 Å². The van der Waals surface area contributed by atoms with E-state index in [1.807, 2.05) is 11.3 Å². The predicted molar refractivity (Wildman–Crippen MR) is 67.5 cm³/mol. The van der Waals surface area contributed by atoms with Gasteiger partial charge >= 0.3 is 0 Å². The first-order valence-electron chi connectivity index (χ1n) is 5.51. The molecule has 2 nitrogen and oxygen atoms in total. The van der Waals surface area contributed by atoms with Gasteiger partial charge in [-0.15, -0.1) is 11.3 Å². The molecule has 86 valence electrons. The summed E-state index contributed by atoms with van der Waals surface area (Å²) in [6.07, 6.45) is 0. The van der Waals surface area contributed by atoms with Crippen molar-refractivity contribution in [2.45, 2.75) is 59.5 Å². The largest absolute Gasteiger partial charge is 0.307 e. The fraction of sp³-hybridized carbons (Fsp3) is 0.750. The Morgan fingerprint density at radius 1 is 1.33 bits per heavy atom. The van der Waals surface area contributed by atoms with E-state index in [9.17, 15) is 0 Å². The second kappa shape index (κ2) is 4.62. The number of nitrogens with zero attached hydrogens (tertiary/aromatic N) is 1. The van der Waals surface area contributed by atoms with Crippen molar-refractivity contribution in [3.05, 3.63) is 15.6 Å². The van der Waals surface area contributed by atoms with Gasteiger partial charge in [-0.2, -0.15) is 0 Å². The van der Waals surface area contributed by atoms with Gasteiger partial charge in [0.15, 0.2) is 0 Å². The molecule has 0 radical (unpaired) electrons. The van der Waals surface area contributed by atoms with Crippen LogP contribution in [0.4, 0.5) is 0 Å². The van der Waals surface area contributed by atoms with Crippen molar-refractivity contribution in [2.75, 3.05) is 0 Å². The predicted octanol–water partition coefficient (Wildman–Crippen LogP) is 3.46. The van der Waals surface area contributed by atoms with Crippen LogP contribution in [-0.2, 0) is 6.54 Å². The van der Waals surface area contributed by atoms with Gasteiger partial charge in [-0.05, 0) is 33.6 Å². The Balaban J connectivity index is 2.76. The molecular formula is C12H22N2S. The summed E-state index contributed by atoms with van der Waals surface area (Å²) in [5.74, 6) is 0.520. The lowest BCUT2D eigenvalue weighted by Crippen LogP contribution is -2.35. The van der Waals surface area contributed by atoms with Crippen LogP contribution in [0.1, 0.15) is 56.1 Å². The SMILES string of the molecule is Cc1nc(C(C)C)c(CNC(C)(C)C)s1. The highest BCUT2D eigenvalue weighted by atomic mass is 32.1. The lowest BCUT2D eigenvalue weighted by Gasteiger charge is -2.20. The number of aromatic nitrogens is 1. The molecule has 1 aromatic rings. The van der Waals surface area contributed by atoms with Crippen LogP contribution in [0.3, 0.4) is 0 Å². The maximum atomic E-state index is 4.59. The van der Waals surface area contributed by atoms with Crippen molar-refractivity contribution in [3.63, 3.8) is 0 Å². The maximum absolute atomic E-state index is 4.59. The summed E-state index contributed by atoms with van der Waals surface area (Å²) >= 11 is 1.81. The van der Waals surface area contributed by atoms with Gasteiger partial charge in [0.2, 0.25) is 0 Å². The minimum atomic E-state index is 0.173. The molecule has 1 heterocycles. The van der Waals surface area contributed by atoms with Gasteiger partial charge in [0, 0.05) is 17.0 Å². The van der Waals surface area contributed by atoms with Gasteiger partial charge in [0.05, 0.1) is 10.7 Å². The lowest BCUT2D eigenvalue weighted by molar-refractivity contribution is 0.425. The van der Waals surface area contributed by atoms with Gasteiger partial charge < -0.3 is 5.32 Å². The maximum Gasteiger partial charge on any atom is 0.0900 e. The molecule has 0 atom stereocenters. The number of hydrogen-bond acceptors (Lipinski definition) is 3. The zero-order valence-corrected chi connectivity index (χ0v) is 11.5. The molecule has 0 aromatic carbocycles. The molecule has 0 unspecified atom stereocenters. The van der Waals surface area contributed by atoms with Gasteiger partial charge in [-0.3, -0.25) is 0 Å². The van der Waals surface area contributed by atoms with E-state index in [4.69, 9.17) is 0 Å². The van der Waals surface area contributed by atoms with Crippen molar-refractivity contribution in [3.8, 4) is 0 Å². The van der Waals surface area contributed by atoms with E-state index >= 15 is 0 Å². The second-order valence-corrected chi connectivity index (χ2v) is 6.59. The van der Waals surface area contributed by atoms with Gasteiger partial charge in [-0.1, -0.05) is 13.8 Å². The summed E-state index contributed by atoms with van der Waals surface area (Å²) in [5, 5.41) is 4.69. The summed E-state index contributed by atoms with van der Waals surface area (Å²) in [5.41, 5.74) is 1.43. The third-order valence-corrected chi connectivity index (χ3v) is 3.15. The Bertz CT molecular complexity index is 321. The molecule has 0 amide bonds. The van der Waals surface area contributed by atoms with Crippen LogP contribution in [0.25, 0.3) is 0 Å². The minimum Gasteiger partial charge on any atom is -0.307 e. The highest BCUT2D eigenvalue weighted by Crippen LogP contribution is 2.24. The molecule has 0 aliphatic heterocycles. The summed E-state index contributed by atoms with van der Waals surface area (Å²) in [6, 6.07) is 0. The van der Waals surface area contributed by atoms with Gasteiger partial charge in [0.1, 0.15) is 0 Å². The van der Waals surface area contributed by atoms with Crippen molar-refractivity contribution >= 4 is 11.3 Å². The summed E-state index contributed by atoms with van der Waals surface area (Å²) in [7, 11) is 0. The number of thiazole rings is 1. The molecule has 1 rings (SSSR count). The quantitative estimate of drug-likeness (QED) is 0.853.